The zero-order valence-electron chi connectivity index (χ0n) is 10.3. The molecule has 2 aromatic rings. The van der Waals surface area contributed by atoms with Crippen molar-refractivity contribution >= 4 is 17.0 Å². The molecule has 10 heteroatoms. The van der Waals surface area contributed by atoms with Crippen LogP contribution in [0.4, 0.5) is 5.82 Å². The van der Waals surface area contributed by atoms with E-state index in [0.29, 0.717) is 17.6 Å². The maximum atomic E-state index is 10.1. The minimum Gasteiger partial charge on any atom is -1.00 e. The fourth-order valence-corrected chi connectivity index (χ4v) is 2.58. The molecule has 0 aromatic carbocycles. The predicted octanol–water partition coefficient (Wildman–Crippen LogP) is -5.60. The Kier molecular flexibility index (Phi) is 4.06. The number of aromatic nitrogens is 4. The molecule has 110 valence electrons. The van der Waals surface area contributed by atoms with Crippen LogP contribution in [0.3, 0.4) is 0 Å². The zero-order valence-corrected chi connectivity index (χ0v) is 11.1. The van der Waals surface area contributed by atoms with Crippen molar-refractivity contribution in [2.75, 3.05) is 5.73 Å². The third-order valence-electron chi connectivity index (χ3n) is 3.63. The summed E-state index contributed by atoms with van der Waals surface area (Å²) in [4.78, 5) is 12.1. The first-order valence-corrected chi connectivity index (χ1v) is 5.90. The Labute approximate surface area is 119 Å². The van der Waals surface area contributed by atoms with Crippen LogP contribution in [0, 0.1) is 0 Å². The highest BCUT2D eigenvalue weighted by Crippen LogP contribution is 2.31. The molecule has 7 N–H and O–H groups in total. The third kappa shape index (κ3) is 2.09. The van der Waals surface area contributed by atoms with Gasteiger partial charge in [0.15, 0.2) is 11.5 Å². The summed E-state index contributed by atoms with van der Waals surface area (Å²) in [5.74, 6) is 0.266. The summed E-state index contributed by atoms with van der Waals surface area (Å²) < 4.78 is 1.66. The molecule has 2 aromatic heterocycles. The standard InChI is InChI=1S/C10H14N6O3.ClH/c11-9-6-10(13-2-12-9)16(3-14-6)5-1-4(15-19)7(17)8(5)18;/h2-5,7-8,15,17-19H,1H2,(H2,11,12,13);1H/t4-,5+,7+,8-;/m0./s1. The van der Waals surface area contributed by atoms with E-state index in [4.69, 9.17) is 10.9 Å². The topological polar surface area (TPSA) is 147 Å². The highest BCUT2D eigenvalue weighted by atomic mass is 35.5. The highest BCUT2D eigenvalue weighted by molar-refractivity contribution is 5.81. The van der Waals surface area contributed by atoms with Crippen molar-refractivity contribution in [1.29, 1.82) is 0 Å². The van der Waals surface area contributed by atoms with Gasteiger partial charge in [-0.05, 0) is 0 Å². The number of halogens is 1. The molecule has 1 aliphatic rings. The van der Waals surface area contributed by atoms with E-state index >= 15 is 0 Å². The lowest BCUT2D eigenvalue weighted by Crippen LogP contribution is -3.00. The van der Waals surface area contributed by atoms with Crippen LogP contribution < -0.4 is 23.6 Å². The average Bonchev–Trinajstić information content (AvgIpc) is 2.94. The van der Waals surface area contributed by atoms with Gasteiger partial charge in [-0.1, -0.05) is 0 Å². The Morgan fingerprint density at radius 1 is 1.25 bits per heavy atom. The molecule has 0 saturated heterocycles. The smallest absolute Gasteiger partial charge is 0.165 e. The first kappa shape index (κ1) is 14.9. The van der Waals surface area contributed by atoms with Gasteiger partial charge in [0.25, 0.3) is 0 Å². The number of hydroxylamine groups is 1. The van der Waals surface area contributed by atoms with E-state index in [9.17, 15) is 10.2 Å². The summed E-state index contributed by atoms with van der Waals surface area (Å²) in [6.07, 6.45) is 1.22. The van der Waals surface area contributed by atoms with Gasteiger partial charge in [0.1, 0.15) is 30.1 Å². The van der Waals surface area contributed by atoms with Crippen molar-refractivity contribution in [3.8, 4) is 0 Å². The molecule has 3 rings (SSSR count). The Morgan fingerprint density at radius 3 is 2.65 bits per heavy atom. The molecule has 4 atom stereocenters. The van der Waals surface area contributed by atoms with Crippen LogP contribution in [0.5, 0.6) is 0 Å². The number of fused-ring (bicyclic) bond motifs is 1. The molecule has 0 radical (unpaired) electrons. The summed E-state index contributed by atoms with van der Waals surface area (Å²) in [6.45, 7) is 0. The van der Waals surface area contributed by atoms with Gasteiger partial charge in [-0.25, -0.2) is 20.2 Å². The van der Waals surface area contributed by atoms with Crippen molar-refractivity contribution in [1.82, 2.24) is 19.5 Å². The SMILES string of the molecule is Nc1ncnc2c1ncn2[C@@H]1C[C@H]([NH2+]O)[C@@H](O)[C@H]1O.[Cl-]. The van der Waals surface area contributed by atoms with Gasteiger partial charge in [-0.15, -0.1) is 0 Å². The maximum absolute atomic E-state index is 10.1. The number of imidazole rings is 1. The van der Waals surface area contributed by atoms with E-state index in [2.05, 4.69) is 15.0 Å². The zero-order chi connectivity index (χ0) is 13.6. The van der Waals surface area contributed by atoms with E-state index in [1.807, 2.05) is 0 Å². The lowest BCUT2D eigenvalue weighted by Gasteiger charge is -2.17. The first-order chi connectivity index (χ1) is 9.13. The van der Waals surface area contributed by atoms with Gasteiger partial charge in [-0.3, -0.25) is 0 Å². The Balaban J connectivity index is 0.00000147. The monoisotopic (exact) mass is 302 g/mol. The van der Waals surface area contributed by atoms with Gasteiger partial charge in [-0.2, -0.15) is 5.48 Å². The molecule has 1 fully saturated rings. The summed E-state index contributed by atoms with van der Waals surface area (Å²) in [6, 6.07) is -0.890. The van der Waals surface area contributed by atoms with Crippen molar-refractivity contribution in [3.05, 3.63) is 12.7 Å². The molecule has 0 unspecified atom stereocenters. The Morgan fingerprint density at radius 2 is 2.00 bits per heavy atom. The van der Waals surface area contributed by atoms with E-state index in [1.165, 1.54) is 12.7 Å². The minimum absolute atomic E-state index is 0. The van der Waals surface area contributed by atoms with Gasteiger partial charge < -0.3 is 32.9 Å². The fourth-order valence-electron chi connectivity index (χ4n) is 2.58. The molecule has 9 nitrogen and oxygen atoms in total. The van der Waals surface area contributed by atoms with E-state index in [1.54, 1.807) is 4.57 Å². The number of quaternary nitrogens is 1. The molecule has 0 spiro atoms. The molecular formula is C10H15ClN6O3. The number of nitrogens with zero attached hydrogens (tertiary/aromatic N) is 4. The van der Waals surface area contributed by atoms with Crippen molar-refractivity contribution in [2.45, 2.75) is 30.7 Å². The van der Waals surface area contributed by atoms with Crippen LogP contribution >= 0.6 is 0 Å². The summed E-state index contributed by atoms with van der Waals surface area (Å²) >= 11 is 0. The number of hydrogen-bond acceptors (Lipinski definition) is 7. The maximum Gasteiger partial charge on any atom is 0.165 e. The molecule has 0 aliphatic heterocycles. The van der Waals surface area contributed by atoms with Crippen LogP contribution in [0.1, 0.15) is 12.5 Å². The predicted molar refractivity (Wildman–Crippen MR) is 62.9 cm³/mol. The second kappa shape index (κ2) is 5.46. The largest absolute Gasteiger partial charge is 1.00 e. The summed E-state index contributed by atoms with van der Waals surface area (Å²) in [7, 11) is 0. The fraction of sp³-hybridized carbons (Fsp3) is 0.500. The number of nitrogen functional groups attached to an aromatic ring is 1. The highest BCUT2D eigenvalue weighted by Gasteiger charge is 2.45. The van der Waals surface area contributed by atoms with Gasteiger partial charge >= 0.3 is 0 Å². The molecule has 0 amide bonds. The molecular weight excluding hydrogens is 288 g/mol. The van der Waals surface area contributed by atoms with Crippen molar-refractivity contribution < 1.29 is 33.3 Å². The first-order valence-electron chi connectivity index (χ1n) is 5.90. The van der Waals surface area contributed by atoms with Crippen LogP contribution in [-0.2, 0) is 0 Å². The van der Waals surface area contributed by atoms with Crippen molar-refractivity contribution in [2.24, 2.45) is 0 Å². The Hall–Kier alpha value is -1.52. The van der Waals surface area contributed by atoms with Crippen LogP contribution in [0.15, 0.2) is 12.7 Å². The van der Waals surface area contributed by atoms with Gasteiger partial charge in [0, 0.05) is 6.42 Å². The number of anilines is 1. The molecule has 0 bridgehead atoms. The number of aliphatic hydroxyl groups is 2. The average molecular weight is 303 g/mol. The van der Waals surface area contributed by atoms with Crippen LogP contribution in [0.2, 0.25) is 0 Å². The molecule has 2 heterocycles. The Bertz CT molecular complexity index is 608. The molecule has 1 saturated carbocycles. The second-order valence-electron chi connectivity index (χ2n) is 4.68. The van der Waals surface area contributed by atoms with E-state index in [-0.39, 0.29) is 18.2 Å². The number of nitrogens with two attached hydrogens (primary N) is 2. The molecule has 1 aliphatic carbocycles. The number of aliphatic hydroxyl groups excluding tert-OH is 2. The van der Waals surface area contributed by atoms with Crippen molar-refractivity contribution in [3.63, 3.8) is 0 Å². The third-order valence-corrected chi connectivity index (χ3v) is 3.63. The van der Waals surface area contributed by atoms with Crippen LogP contribution in [0.25, 0.3) is 11.2 Å². The lowest BCUT2D eigenvalue weighted by atomic mass is 10.2. The summed E-state index contributed by atoms with van der Waals surface area (Å²) in [5.41, 5.74) is 7.57. The summed E-state index contributed by atoms with van der Waals surface area (Å²) in [5, 5.41) is 28.9. The van der Waals surface area contributed by atoms with Crippen LogP contribution in [-0.4, -0.2) is 53.2 Å². The molecule has 20 heavy (non-hydrogen) atoms. The normalized spacial score (nSPS) is 29.6. The van der Waals surface area contributed by atoms with E-state index in [0.717, 1.165) is 5.48 Å². The van der Waals surface area contributed by atoms with Gasteiger partial charge in [0.2, 0.25) is 0 Å². The quantitative estimate of drug-likeness (QED) is 0.347. The lowest BCUT2D eigenvalue weighted by molar-refractivity contribution is -0.912. The second-order valence-corrected chi connectivity index (χ2v) is 4.68. The number of rotatable bonds is 2. The van der Waals surface area contributed by atoms with E-state index < -0.39 is 24.3 Å². The number of hydrogen-bond donors (Lipinski definition) is 5. The van der Waals surface area contributed by atoms with Gasteiger partial charge in [0.05, 0.1) is 12.4 Å². The minimum atomic E-state index is -1.01.